The number of nitrogens with zero attached hydrogens (tertiary/aromatic N) is 2. The molecule has 2 rings (SSSR count). The number of carboxylic acid groups (broad SMARTS) is 1. The molecule has 112 valence electrons. The molecule has 2 N–H and O–H groups in total. The molecule has 1 amide bonds. The Hall–Kier alpha value is -2.64. The van der Waals surface area contributed by atoms with Crippen molar-refractivity contribution in [1.82, 2.24) is 5.32 Å². The summed E-state index contributed by atoms with van der Waals surface area (Å²) in [7, 11) is 1.43. The zero-order valence-corrected chi connectivity index (χ0v) is 11.4. The Kier molecular flexibility index (Phi) is 4.06. The molecule has 1 saturated carbocycles. The minimum atomic E-state index is -1.05. The number of carboxylic acids is 1. The molecule has 0 heterocycles. The van der Waals surface area contributed by atoms with Gasteiger partial charge in [-0.1, -0.05) is 0 Å². The summed E-state index contributed by atoms with van der Waals surface area (Å²) in [6.45, 7) is -0.301. The third-order valence-electron chi connectivity index (χ3n) is 3.26. The summed E-state index contributed by atoms with van der Waals surface area (Å²) in [6, 6.07) is 4.07. The van der Waals surface area contributed by atoms with Crippen molar-refractivity contribution < 1.29 is 19.6 Å². The lowest BCUT2D eigenvalue weighted by Crippen LogP contribution is -2.32. The fraction of sp³-hybridized carbons (Fsp3) is 0.385. The van der Waals surface area contributed by atoms with Crippen molar-refractivity contribution in [2.75, 3.05) is 18.5 Å². The summed E-state index contributed by atoms with van der Waals surface area (Å²) in [6.07, 6.45) is 1.61. The van der Waals surface area contributed by atoms with Crippen LogP contribution >= 0.6 is 0 Å². The van der Waals surface area contributed by atoms with E-state index < -0.39 is 16.8 Å². The van der Waals surface area contributed by atoms with Crippen LogP contribution in [0.3, 0.4) is 0 Å². The largest absolute Gasteiger partial charge is 0.480 e. The molecule has 1 aromatic rings. The van der Waals surface area contributed by atoms with Crippen LogP contribution in [0, 0.1) is 10.1 Å². The van der Waals surface area contributed by atoms with Crippen LogP contribution in [0.4, 0.5) is 11.4 Å². The minimum absolute atomic E-state index is 0.00523. The van der Waals surface area contributed by atoms with Crippen molar-refractivity contribution in [3.8, 4) is 0 Å². The van der Waals surface area contributed by atoms with Crippen molar-refractivity contribution in [2.24, 2.45) is 0 Å². The van der Waals surface area contributed by atoms with E-state index in [1.807, 2.05) is 0 Å². The van der Waals surface area contributed by atoms with E-state index in [-0.39, 0.29) is 29.5 Å². The predicted molar refractivity (Wildman–Crippen MR) is 74.5 cm³/mol. The van der Waals surface area contributed by atoms with Crippen molar-refractivity contribution in [1.29, 1.82) is 0 Å². The summed E-state index contributed by atoms with van der Waals surface area (Å²) in [5.41, 5.74) is 0.140. The van der Waals surface area contributed by atoms with Crippen LogP contribution < -0.4 is 10.2 Å². The average Bonchev–Trinajstić information content (AvgIpc) is 3.27. The maximum atomic E-state index is 11.6. The fourth-order valence-corrected chi connectivity index (χ4v) is 2.14. The van der Waals surface area contributed by atoms with Gasteiger partial charge < -0.3 is 15.3 Å². The standard InChI is InChI=1S/C13H15N3O5/c1-14-13(19)8-2-5-10(11(6-8)16(20)21)15(7-12(17)18)9-3-4-9/h2,5-6,9H,3-4,7H2,1H3,(H,14,19)(H,17,18). The number of nitro groups is 1. The molecule has 0 bridgehead atoms. The van der Waals surface area contributed by atoms with Crippen LogP contribution in [-0.4, -0.2) is 41.5 Å². The molecule has 1 aromatic carbocycles. The Labute approximate surface area is 120 Å². The van der Waals surface area contributed by atoms with E-state index in [0.29, 0.717) is 0 Å². The highest BCUT2D eigenvalue weighted by Gasteiger charge is 2.34. The third kappa shape index (κ3) is 3.28. The smallest absolute Gasteiger partial charge is 0.323 e. The lowest BCUT2D eigenvalue weighted by Gasteiger charge is -2.22. The molecule has 21 heavy (non-hydrogen) atoms. The fourth-order valence-electron chi connectivity index (χ4n) is 2.14. The van der Waals surface area contributed by atoms with E-state index in [0.717, 1.165) is 12.8 Å². The van der Waals surface area contributed by atoms with Gasteiger partial charge in [0.25, 0.3) is 11.6 Å². The molecule has 1 fully saturated rings. The van der Waals surface area contributed by atoms with Gasteiger partial charge in [-0.3, -0.25) is 19.7 Å². The first-order valence-electron chi connectivity index (χ1n) is 6.43. The molecule has 1 aliphatic carbocycles. The first-order valence-corrected chi connectivity index (χ1v) is 6.43. The molecule has 0 unspecified atom stereocenters. The summed E-state index contributed by atoms with van der Waals surface area (Å²) < 4.78 is 0. The molecule has 8 heteroatoms. The quantitative estimate of drug-likeness (QED) is 0.597. The van der Waals surface area contributed by atoms with Crippen LogP contribution in [0.1, 0.15) is 23.2 Å². The molecule has 0 spiro atoms. The molecular weight excluding hydrogens is 278 g/mol. The van der Waals surface area contributed by atoms with Gasteiger partial charge in [0.05, 0.1) is 4.92 Å². The number of carbonyl (C=O) groups excluding carboxylic acids is 1. The topological polar surface area (TPSA) is 113 Å². The van der Waals surface area contributed by atoms with Crippen molar-refractivity contribution in [3.63, 3.8) is 0 Å². The number of hydrogen-bond donors (Lipinski definition) is 2. The normalized spacial score (nSPS) is 13.6. The lowest BCUT2D eigenvalue weighted by molar-refractivity contribution is -0.384. The molecule has 0 saturated heterocycles. The Morgan fingerprint density at radius 2 is 2.14 bits per heavy atom. The number of hydrogen-bond acceptors (Lipinski definition) is 5. The van der Waals surface area contributed by atoms with Gasteiger partial charge in [-0.05, 0) is 25.0 Å². The van der Waals surface area contributed by atoms with E-state index in [9.17, 15) is 19.7 Å². The number of carbonyl (C=O) groups is 2. The number of nitrogens with one attached hydrogen (secondary N) is 1. The molecule has 8 nitrogen and oxygen atoms in total. The zero-order chi connectivity index (χ0) is 15.6. The second-order valence-corrected chi connectivity index (χ2v) is 4.79. The Balaban J connectivity index is 2.43. The predicted octanol–water partition coefficient (Wildman–Crippen LogP) is 1.01. The average molecular weight is 293 g/mol. The first-order chi connectivity index (χ1) is 9.93. The number of anilines is 1. The highest BCUT2D eigenvalue weighted by atomic mass is 16.6. The number of amides is 1. The van der Waals surface area contributed by atoms with Gasteiger partial charge >= 0.3 is 5.97 Å². The molecule has 1 aliphatic rings. The van der Waals surface area contributed by atoms with Crippen LogP contribution in [0.25, 0.3) is 0 Å². The van der Waals surface area contributed by atoms with E-state index in [1.54, 1.807) is 0 Å². The summed E-state index contributed by atoms with van der Waals surface area (Å²) >= 11 is 0. The maximum Gasteiger partial charge on any atom is 0.323 e. The number of rotatable bonds is 6. The maximum absolute atomic E-state index is 11.6. The van der Waals surface area contributed by atoms with Gasteiger partial charge in [-0.2, -0.15) is 0 Å². The summed E-state index contributed by atoms with van der Waals surface area (Å²) in [4.78, 5) is 34.6. The van der Waals surface area contributed by atoms with E-state index in [4.69, 9.17) is 5.11 Å². The first kappa shape index (κ1) is 14.8. The summed E-state index contributed by atoms with van der Waals surface area (Å²) in [5.74, 6) is -1.48. The number of nitro benzene ring substituents is 1. The molecule has 0 radical (unpaired) electrons. The Morgan fingerprint density at radius 1 is 1.48 bits per heavy atom. The SMILES string of the molecule is CNC(=O)c1ccc(N(CC(=O)O)C2CC2)c([N+](=O)[O-])c1. The van der Waals surface area contributed by atoms with Crippen molar-refractivity contribution in [2.45, 2.75) is 18.9 Å². The van der Waals surface area contributed by atoms with Crippen LogP contribution in [0.5, 0.6) is 0 Å². The molecular formula is C13H15N3O5. The Morgan fingerprint density at radius 3 is 2.62 bits per heavy atom. The van der Waals surface area contributed by atoms with Crippen LogP contribution in [0.15, 0.2) is 18.2 Å². The van der Waals surface area contributed by atoms with Crippen molar-refractivity contribution >= 4 is 23.3 Å². The lowest BCUT2D eigenvalue weighted by atomic mass is 10.1. The number of aliphatic carboxylic acids is 1. The summed E-state index contributed by atoms with van der Waals surface area (Å²) in [5, 5.41) is 22.6. The number of benzene rings is 1. The minimum Gasteiger partial charge on any atom is -0.480 e. The third-order valence-corrected chi connectivity index (χ3v) is 3.26. The highest BCUT2D eigenvalue weighted by Crippen LogP contribution is 2.37. The zero-order valence-electron chi connectivity index (χ0n) is 11.4. The Bertz CT molecular complexity index is 597. The van der Waals surface area contributed by atoms with E-state index >= 15 is 0 Å². The van der Waals surface area contributed by atoms with E-state index in [1.165, 1.54) is 30.1 Å². The monoisotopic (exact) mass is 293 g/mol. The van der Waals surface area contributed by atoms with E-state index in [2.05, 4.69) is 5.32 Å². The van der Waals surface area contributed by atoms with Crippen LogP contribution in [-0.2, 0) is 4.79 Å². The van der Waals surface area contributed by atoms with Gasteiger partial charge in [0.1, 0.15) is 12.2 Å². The second kappa shape index (κ2) is 5.78. The second-order valence-electron chi connectivity index (χ2n) is 4.79. The van der Waals surface area contributed by atoms with Gasteiger partial charge in [-0.25, -0.2) is 0 Å². The van der Waals surface area contributed by atoms with Gasteiger partial charge in [0.2, 0.25) is 0 Å². The van der Waals surface area contributed by atoms with Crippen molar-refractivity contribution in [3.05, 3.63) is 33.9 Å². The molecule has 0 aromatic heterocycles. The molecule has 0 atom stereocenters. The van der Waals surface area contributed by atoms with Crippen LogP contribution in [0.2, 0.25) is 0 Å². The van der Waals surface area contributed by atoms with Gasteiger partial charge in [-0.15, -0.1) is 0 Å². The van der Waals surface area contributed by atoms with Gasteiger partial charge in [0, 0.05) is 24.7 Å². The highest BCUT2D eigenvalue weighted by molar-refractivity contribution is 5.95. The van der Waals surface area contributed by atoms with Gasteiger partial charge in [0.15, 0.2) is 0 Å². The molecule has 0 aliphatic heterocycles.